The molecule has 7 heteroatoms. The van der Waals surface area contributed by atoms with Crippen LogP contribution in [0.3, 0.4) is 0 Å². The molecule has 5 nitrogen and oxygen atoms in total. The standard InChI is InChI=1S/C16H27Cl2N5/c1-6-7-8-19-11-9-15(2,3)23(16(4,5)10-11)14-21-12(17)20-13(18)22-14/h11,19H,6-10H2,1-5H3. The Labute approximate surface area is 149 Å². The number of hydrogen-bond donors (Lipinski definition) is 1. The van der Waals surface area contributed by atoms with E-state index >= 15 is 0 Å². The van der Waals surface area contributed by atoms with Gasteiger partial charge in [-0.25, -0.2) is 0 Å². The summed E-state index contributed by atoms with van der Waals surface area (Å²) in [5.74, 6) is 0.553. The van der Waals surface area contributed by atoms with Gasteiger partial charge in [0.15, 0.2) is 0 Å². The lowest BCUT2D eigenvalue weighted by molar-refractivity contribution is 0.193. The highest BCUT2D eigenvalue weighted by molar-refractivity contribution is 6.31. The second-order valence-electron chi connectivity index (χ2n) is 7.55. The van der Waals surface area contributed by atoms with Gasteiger partial charge in [0, 0.05) is 17.1 Å². The molecule has 1 N–H and O–H groups in total. The van der Waals surface area contributed by atoms with Gasteiger partial charge in [-0.2, -0.15) is 15.0 Å². The lowest BCUT2D eigenvalue weighted by Crippen LogP contribution is -2.64. The van der Waals surface area contributed by atoms with Gasteiger partial charge in [0.2, 0.25) is 16.5 Å². The predicted octanol–water partition coefficient (Wildman–Crippen LogP) is 4.09. The Morgan fingerprint density at radius 2 is 1.57 bits per heavy atom. The minimum absolute atomic E-state index is 0.111. The molecule has 0 spiro atoms. The highest BCUT2D eigenvalue weighted by Crippen LogP contribution is 2.41. The number of rotatable bonds is 5. The van der Waals surface area contributed by atoms with Crippen molar-refractivity contribution in [2.75, 3.05) is 11.4 Å². The fourth-order valence-electron chi connectivity index (χ4n) is 3.86. The Hall–Kier alpha value is -0.650. The van der Waals surface area contributed by atoms with Crippen molar-refractivity contribution in [2.45, 2.75) is 77.4 Å². The summed E-state index contributed by atoms with van der Waals surface area (Å²) in [6.07, 6.45) is 4.45. The second kappa shape index (κ2) is 7.08. The molecule has 1 aliphatic heterocycles. The summed E-state index contributed by atoms with van der Waals surface area (Å²) in [5, 5.41) is 3.96. The molecule has 1 aromatic heterocycles. The Morgan fingerprint density at radius 3 is 2.04 bits per heavy atom. The van der Waals surface area contributed by atoms with Gasteiger partial charge >= 0.3 is 0 Å². The van der Waals surface area contributed by atoms with Crippen molar-refractivity contribution in [3.8, 4) is 0 Å². The van der Waals surface area contributed by atoms with Crippen molar-refractivity contribution >= 4 is 29.2 Å². The van der Waals surface area contributed by atoms with E-state index in [1.165, 1.54) is 12.8 Å². The van der Waals surface area contributed by atoms with Crippen LogP contribution in [0.2, 0.25) is 10.6 Å². The maximum Gasteiger partial charge on any atom is 0.231 e. The van der Waals surface area contributed by atoms with E-state index < -0.39 is 0 Å². The number of anilines is 1. The van der Waals surface area contributed by atoms with Crippen LogP contribution in [0, 0.1) is 0 Å². The van der Waals surface area contributed by atoms with Crippen LogP contribution in [-0.4, -0.2) is 38.6 Å². The zero-order valence-electron chi connectivity index (χ0n) is 14.7. The molecule has 23 heavy (non-hydrogen) atoms. The maximum absolute atomic E-state index is 5.98. The Kier molecular flexibility index (Phi) is 5.75. The average Bonchev–Trinajstić information content (AvgIpc) is 2.34. The fraction of sp³-hybridized carbons (Fsp3) is 0.812. The summed E-state index contributed by atoms with van der Waals surface area (Å²) in [6, 6.07) is 0.482. The molecule has 0 amide bonds. The van der Waals surface area contributed by atoms with Crippen molar-refractivity contribution in [2.24, 2.45) is 0 Å². The fourth-order valence-corrected chi connectivity index (χ4v) is 4.22. The number of nitrogens with zero attached hydrogens (tertiary/aromatic N) is 4. The van der Waals surface area contributed by atoms with Crippen LogP contribution in [0.1, 0.15) is 60.3 Å². The number of aromatic nitrogens is 3. The Morgan fingerprint density at radius 1 is 1.04 bits per heavy atom. The molecule has 1 aliphatic rings. The minimum Gasteiger partial charge on any atom is -0.330 e. The van der Waals surface area contributed by atoms with Crippen LogP contribution in [0.5, 0.6) is 0 Å². The van der Waals surface area contributed by atoms with E-state index in [0.29, 0.717) is 12.0 Å². The van der Waals surface area contributed by atoms with Crippen LogP contribution in [0.25, 0.3) is 0 Å². The van der Waals surface area contributed by atoms with Crippen LogP contribution in [-0.2, 0) is 0 Å². The highest BCUT2D eigenvalue weighted by Gasteiger charge is 2.46. The number of nitrogens with one attached hydrogen (secondary N) is 1. The summed E-state index contributed by atoms with van der Waals surface area (Å²) in [5.41, 5.74) is -0.223. The molecule has 0 atom stereocenters. The summed E-state index contributed by atoms with van der Waals surface area (Å²) < 4.78 is 0. The zero-order valence-corrected chi connectivity index (χ0v) is 16.2. The first-order valence-corrected chi connectivity index (χ1v) is 9.02. The van der Waals surface area contributed by atoms with Gasteiger partial charge in [-0.15, -0.1) is 0 Å². The zero-order chi connectivity index (χ0) is 17.3. The first-order valence-electron chi connectivity index (χ1n) is 8.26. The summed E-state index contributed by atoms with van der Waals surface area (Å²) >= 11 is 12.0. The summed E-state index contributed by atoms with van der Waals surface area (Å²) in [6.45, 7) is 12.1. The molecule has 0 radical (unpaired) electrons. The van der Waals surface area contributed by atoms with Gasteiger partial charge in [0.05, 0.1) is 0 Å². The molecule has 0 unspecified atom stereocenters. The lowest BCUT2D eigenvalue weighted by Gasteiger charge is -2.55. The smallest absolute Gasteiger partial charge is 0.231 e. The SMILES string of the molecule is CCCCNC1CC(C)(C)N(c2nc(Cl)nc(Cl)n2)C(C)(C)C1. The third-order valence-corrected chi connectivity index (χ3v) is 4.77. The maximum atomic E-state index is 5.98. The molecule has 2 rings (SSSR count). The molecule has 2 heterocycles. The Balaban J connectivity index is 2.26. The van der Waals surface area contributed by atoms with E-state index in [2.05, 4.69) is 59.8 Å². The van der Waals surface area contributed by atoms with Crippen molar-refractivity contribution < 1.29 is 0 Å². The van der Waals surface area contributed by atoms with Gasteiger partial charge in [0.1, 0.15) is 0 Å². The van der Waals surface area contributed by atoms with E-state index in [0.717, 1.165) is 19.4 Å². The van der Waals surface area contributed by atoms with Crippen LogP contribution >= 0.6 is 23.2 Å². The average molecular weight is 360 g/mol. The molecule has 1 saturated heterocycles. The van der Waals surface area contributed by atoms with Crippen molar-refractivity contribution in [1.82, 2.24) is 20.3 Å². The van der Waals surface area contributed by atoms with Crippen LogP contribution in [0.4, 0.5) is 5.95 Å². The normalized spacial score (nSPS) is 20.7. The van der Waals surface area contributed by atoms with Crippen molar-refractivity contribution in [3.05, 3.63) is 10.6 Å². The lowest BCUT2D eigenvalue weighted by atomic mass is 9.77. The van der Waals surface area contributed by atoms with Crippen molar-refractivity contribution in [3.63, 3.8) is 0 Å². The van der Waals surface area contributed by atoms with Crippen LogP contribution < -0.4 is 10.2 Å². The quantitative estimate of drug-likeness (QED) is 0.802. The molecule has 0 saturated carbocycles. The van der Waals surface area contributed by atoms with Crippen LogP contribution in [0.15, 0.2) is 0 Å². The topological polar surface area (TPSA) is 53.9 Å². The van der Waals surface area contributed by atoms with Crippen molar-refractivity contribution in [1.29, 1.82) is 0 Å². The molecule has 130 valence electrons. The monoisotopic (exact) mass is 359 g/mol. The molecule has 0 aliphatic carbocycles. The highest BCUT2D eigenvalue weighted by atomic mass is 35.5. The number of halogens is 2. The van der Waals surface area contributed by atoms with Gasteiger partial charge < -0.3 is 10.2 Å². The van der Waals surface area contributed by atoms with E-state index in [1.54, 1.807) is 0 Å². The molecule has 0 aromatic carbocycles. The van der Waals surface area contributed by atoms with E-state index in [9.17, 15) is 0 Å². The van der Waals surface area contributed by atoms with E-state index in [1.807, 2.05) is 0 Å². The van der Waals surface area contributed by atoms with Gasteiger partial charge in [-0.05, 0) is 76.7 Å². The van der Waals surface area contributed by atoms with Gasteiger partial charge in [-0.1, -0.05) is 13.3 Å². The second-order valence-corrected chi connectivity index (χ2v) is 8.22. The predicted molar refractivity (Wildman–Crippen MR) is 96.4 cm³/mol. The third kappa shape index (κ3) is 4.46. The van der Waals surface area contributed by atoms with E-state index in [4.69, 9.17) is 23.2 Å². The number of hydrogen-bond acceptors (Lipinski definition) is 5. The van der Waals surface area contributed by atoms with Gasteiger partial charge in [-0.3, -0.25) is 0 Å². The number of piperidine rings is 1. The largest absolute Gasteiger partial charge is 0.330 e. The molecule has 1 fully saturated rings. The minimum atomic E-state index is -0.111. The third-order valence-electron chi connectivity index (χ3n) is 4.43. The molecule has 0 bridgehead atoms. The van der Waals surface area contributed by atoms with E-state index in [-0.39, 0.29) is 21.6 Å². The molecular formula is C16H27Cl2N5. The molecule has 1 aromatic rings. The van der Waals surface area contributed by atoms with Gasteiger partial charge in [0.25, 0.3) is 0 Å². The first kappa shape index (κ1) is 18.7. The first-order chi connectivity index (χ1) is 10.7. The molecular weight excluding hydrogens is 333 g/mol. The summed E-state index contributed by atoms with van der Waals surface area (Å²) in [4.78, 5) is 14.7. The summed E-state index contributed by atoms with van der Waals surface area (Å²) in [7, 11) is 0. The number of unbranched alkanes of at least 4 members (excludes halogenated alkanes) is 1. The Bertz CT molecular complexity index is 509.